The molecule has 0 radical (unpaired) electrons. The zero-order valence-electron chi connectivity index (χ0n) is 17.6. The van der Waals surface area contributed by atoms with E-state index < -0.39 is 0 Å². The molecule has 0 spiro atoms. The summed E-state index contributed by atoms with van der Waals surface area (Å²) in [6, 6.07) is 17.7. The number of imidazole rings is 1. The molecule has 2 N–H and O–H groups in total. The lowest BCUT2D eigenvalue weighted by molar-refractivity contribution is 0.0933. The van der Waals surface area contributed by atoms with Gasteiger partial charge in [0.05, 0.1) is 11.0 Å². The van der Waals surface area contributed by atoms with Gasteiger partial charge in [-0.15, -0.1) is 0 Å². The molecular weight excluding hydrogens is 420 g/mol. The fraction of sp³-hybridized carbons (Fsp3) is 0.250. The second kappa shape index (κ2) is 9.40. The lowest BCUT2D eigenvalue weighted by atomic mass is 10.0. The van der Waals surface area contributed by atoms with Crippen LogP contribution in [-0.2, 0) is 5.75 Å². The topological polar surface area (TPSA) is 86.8 Å². The number of hydrogen-bond acceptors (Lipinski definition) is 6. The van der Waals surface area contributed by atoms with Gasteiger partial charge in [-0.2, -0.15) is 0 Å². The predicted molar refractivity (Wildman–Crippen MR) is 127 cm³/mol. The molecule has 8 heteroatoms. The third-order valence-electron chi connectivity index (χ3n) is 5.55. The van der Waals surface area contributed by atoms with Crippen LogP contribution in [0.1, 0.15) is 28.8 Å². The highest BCUT2D eigenvalue weighted by Gasteiger charge is 2.23. The number of aromatic amines is 1. The number of nitrogens with zero attached hydrogens (tertiary/aromatic N) is 4. The Morgan fingerprint density at radius 2 is 1.91 bits per heavy atom. The second-order valence-electron chi connectivity index (χ2n) is 7.85. The summed E-state index contributed by atoms with van der Waals surface area (Å²) in [4.78, 5) is 31.5. The van der Waals surface area contributed by atoms with Crippen LogP contribution >= 0.6 is 11.8 Å². The van der Waals surface area contributed by atoms with Gasteiger partial charge < -0.3 is 15.2 Å². The SMILES string of the molecule is O=C(NC1CCCN(c2ncccn2)C1)c1ccc(CSc2nc3ccccc3[nH]2)cc1. The summed E-state index contributed by atoms with van der Waals surface area (Å²) in [6.07, 6.45) is 5.46. The van der Waals surface area contributed by atoms with Crippen molar-refractivity contribution in [1.82, 2.24) is 25.3 Å². The number of nitrogens with one attached hydrogen (secondary N) is 2. The van der Waals surface area contributed by atoms with Crippen LogP contribution in [0.15, 0.2) is 72.1 Å². The molecular formula is C24H24N6OS. The Hall–Kier alpha value is -3.39. The Bertz CT molecular complexity index is 1160. The first-order valence-electron chi connectivity index (χ1n) is 10.7. The van der Waals surface area contributed by atoms with Crippen LogP contribution in [-0.4, -0.2) is 45.0 Å². The average molecular weight is 445 g/mol. The quantitative estimate of drug-likeness (QED) is 0.437. The number of H-pyrrole nitrogens is 1. The average Bonchev–Trinajstić information content (AvgIpc) is 3.27. The number of piperidine rings is 1. The van der Waals surface area contributed by atoms with Gasteiger partial charge >= 0.3 is 0 Å². The molecule has 5 rings (SSSR count). The van der Waals surface area contributed by atoms with Gasteiger partial charge in [0.1, 0.15) is 0 Å². The predicted octanol–water partition coefficient (Wildman–Crippen LogP) is 4.04. The molecule has 32 heavy (non-hydrogen) atoms. The smallest absolute Gasteiger partial charge is 0.251 e. The molecule has 1 aliphatic heterocycles. The molecule has 1 amide bonds. The van der Waals surface area contributed by atoms with Gasteiger partial charge in [-0.25, -0.2) is 15.0 Å². The Morgan fingerprint density at radius 3 is 2.72 bits per heavy atom. The highest BCUT2D eigenvalue weighted by molar-refractivity contribution is 7.98. The number of thioether (sulfide) groups is 1. The maximum absolute atomic E-state index is 12.8. The Balaban J connectivity index is 1.16. The number of anilines is 1. The zero-order chi connectivity index (χ0) is 21.8. The van der Waals surface area contributed by atoms with Crippen LogP contribution < -0.4 is 10.2 Å². The fourth-order valence-electron chi connectivity index (χ4n) is 3.90. The molecule has 1 saturated heterocycles. The highest BCUT2D eigenvalue weighted by atomic mass is 32.2. The summed E-state index contributed by atoms with van der Waals surface area (Å²) < 4.78 is 0. The summed E-state index contributed by atoms with van der Waals surface area (Å²) in [5.74, 6) is 1.47. The van der Waals surface area contributed by atoms with Crippen molar-refractivity contribution >= 4 is 34.7 Å². The van der Waals surface area contributed by atoms with E-state index >= 15 is 0 Å². The number of aromatic nitrogens is 4. The monoisotopic (exact) mass is 444 g/mol. The minimum Gasteiger partial charge on any atom is -0.348 e. The summed E-state index contributed by atoms with van der Waals surface area (Å²) in [7, 11) is 0. The minimum absolute atomic E-state index is 0.0395. The molecule has 2 aromatic heterocycles. The van der Waals surface area contributed by atoms with Crippen molar-refractivity contribution in [1.29, 1.82) is 0 Å². The van der Waals surface area contributed by atoms with Gasteiger partial charge in [0.2, 0.25) is 5.95 Å². The van der Waals surface area contributed by atoms with Crippen molar-refractivity contribution in [2.24, 2.45) is 0 Å². The molecule has 2 aromatic carbocycles. The van der Waals surface area contributed by atoms with Gasteiger partial charge in [0.15, 0.2) is 5.16 Å². The number of para-hydroxylation sites is 2. The van der Waals surface area contributed by atoms with Crippen molar-refractivity contribution in [2.75, 3.05) is 18.0 Å². The molecule has 7 nitrogen and oxygen atoms in total. The minimum atomic E-state index is -0.0395. The van der Waals surface area contributed by atoms with E-state index in [2.05, 4.69) is 30.2 Å². The van der Waals surface area contributed by atoms with Gasteiger partial charge in [-0.1, -0.05) is 36.0 Å². The maximum atomic E-state index is 12.8. The van der Waals surface area contributed by atoms with Gasteiger partial charge in [0, 0.05) is 42.8 Å². The number of carbonyl (C=O) groups excluding carboxylic acids is 1. The fourth-order valence-corrected chi connectivity index (χ4v) is 4.74. The van der Waals surface area contributed by atoms with Crippen LogP contribution in [0, 0.1) is 0 Å². The molecule has 0 bridgehead atoms. The second-order valence-corrected chi connectivity index (χ2v) is 8.82. The third kappa shape index (κ3) is 4.75. The van der Waals surface area contributed by atoms with Crippen molar-refractivity contribution in [3.8, 4) is 0 Å². The molecule has 162 valence electrons. The van der Waals surface area contributed by atoms with Gasteiger partial charge in [-0.3, -0.25) is 4.79 Å². The number of carbonyl (C=O) groups is 1. The first-order chi connectivity index (χ1) is 15.7. The van der Waals surface area contributed by atoms with E-state index in [-0.39, 0.29) is 11.9 Å². The third-order valence-corrected chi connectivity index (χ3v) is 6.50. The Kier molecular flexibility index (Phi) is 6.02. The van der Waals surface area contributed by atoms with Crippen molar-refractivity contribution in [3.63, 3.8) is 0 Å². The molecule has 4 aromatic rings. The Morgan fingerprint density at radius 1 is 1.09 bits per heavy atom. The molecule has 0 aliphatic carbocycles. The molecule has 0 saturated carbocycles. The number of rotatable bonds is 6. The number of fused-ring (bicyclic) bond motifs is 1. The standard InChI is InChI=1S/C24H24N6OS/c31-22(27-19-5-3-14-30(15-19)23-25-12-4-13-26-23)18-10-8-17(9-11-18)16-32-24-28-20-6-1-2-7-21(20)29-24/h1-2,4,6-13,19H,3,5,14-16H2,(H,27,31)(H,28,29). The van der Waals surface area contributed by atoms with E-state index in [1.807, 2.05) is 54.6 Å². The van der Waals surface area contributed by atoms with Crippen LogP contribution in [0.25, 0.3) is 11.0 Å². The molecule has 3 heterocycles. The largest absolute Gasteiger partial charge is 0.348 e. The van der Waals surface area contributed by atoms with E-state index in [9.17, 15) is 4.79 Å². The lowest BCUT2D eigenvalue weighted by Gasteiger charge is -2.33. The van der Waals surface area contributed by atoms with E-state index in [1.54, 1.807) is 24.2 Å². The summed E-state index contributed by atoms with van der Waals surface area (Å²) in [6.45, 7) is 1.63. The van der Waals surface area contributed by atoms with E-state index in [0.717, 1.165) is 59.4 Å². The summed E-state index contributed by atoms with van der Waals surface area (Å²) >= 11 is 1.66. The first kappa shape index (κ1) is 20.5. The van der Waals surface area contributed by atoms with E-state index in [1.165, 1.54) is 0 Å². The van der Waals surface area contributed by atoms with Gasteiger partial charge in [0.25, 0.3) is 5.91 Å². The summed E-state index contributed by atoms with van der Waals surface area (Å²) in [5, 5.41) is 4.07. The highest BCUT2D eigenvalue weighted by Crippen LogP contribution is 2.23. The van der Waals surface area contributed by atoms with Crippen LogP contribution in [0.5, 0.6) is 0 Å². The molecule has 1 aliphatic rings. The van der Waals surface area contributed by atoms with E-state index in [0.29, 0.717) is 5.56 Å². The normalized spacial score (nSPS) is 16.2. The van der Waals surface area contributed by atoms with Crippen molar-refractivity contribution in [3.05, 3.63) is 78.1 Å². The zero-order valence-corrected chi connectivity index (χ0v) is 18.4. The van der Waals surface area contributed by atoms with E-state index in [4.69, 9.17) is 0 Å². The number of benzene rings is 2. The molecule has 1 fully saturated rings. The first-order valence-corrected chi connectivity index (χ1v) is 11.7. The van der Waals surface area contributed by atoms with Gasteiger partial charge in [-0.05, 0) is 48.7 Å². The van der Waals surface area contributed by atoms with Crippen LogP contribution in [0.4, 0.5) is 5.95 Å². The van der Waals surface area contributed by atoms with Crippen LogP contribution in [0.2, 0.25) is 0 Å². The van der Waals surface area contributed by atoms with Crippen molar-refractivity contribution < 1.29 is 4.79 Å². The lowest BCUT2D eigenvalue weighted by Crippen LogP contribution is -2.48. The summed E-state index contributed by atoms with van der Waals surface area (Å²) in [5.41, 5.74) is 3.84. The number of amides is 1. The van der Waals surface area contributed by atoms with Crippen LogP contribution in [0.3, 0.4) is 0 Å². The number of hydrogen-bond donors (Lipinski definition) is 2. The maximum Gasteiger partial charge on any atom is 0.251 e. The molecule has 1 unspecified atom stereocenters. The Labute approximate surface area is 190 Å². The van der Waals surface area contributed by atoms with Crippen molar-refractivity contribution in [2.45, 2.75) is 29.8 Å². The molecule has 1 atom stereocenters.